The number of thiazole rings is 1. The summed E-state index contributed by atoms with van der Waals surface area (Å²) in [4.78, 5) is 18.7. The molecule has 4 rings (SSSR count). The summed E-state index contributed by atoms with van der Waals surface area (Å²) in [7, 11) is 0. The number of aromatic nitrogens is 2. The van der Waals surface area contributed by atoms with E-state index in [1.807, 2.05) is 50.2 Å². The van der Waals surface area contributed by atoms with E-state index in [4.69, 9.17) is 20.9 Å². The third kappa shape index (κ3) is 4.33. The summed E-state index contributed by atoms with van der Waals surface area (Å²) in [5.41, 5.74) is 3.15. The fourth-order valence-corrected chi connectivity index (χ4v) is 4.29. The van der Waals surface area contributed by atoms with Crippen molar-refractivity contribution in [2.75, 3.05) is 11.9 Å². The average molecular weight is 454 g/mol. The molecule has 0 unspecified atom stereocenters. The number of nitrogens with zero attached hydrogens (tertiary/aromatic N) is 2. The fraction of sp³-hybridized carbons (Fsp3) is 0.174. The highest BCUT2D eigenvalue weighted by atomic mass is 35.5. The van der Waals surface area contributed by atoms with Crippen LogP contribution in [0, 0.1) is 13.8 Å². The summed E-state index contributed by atoms with van der Waals surface area (Å²) in [6.45, 7) is 6.23. The van der Waals surface area contributed by atoms with Gasteiger partial charge in [-0.3, -0.25) is 10.1 Å². The van der Waals surface area contributed by atoms with Gasteiger partial charge in [-0.25, -0.2) is 4.98 Å². The Morgan fingerprint density at radius 2 is 1.87 bits per heavy atom. The highest BCUT2D eigenvalue weighted by Crippen LogP contribution is 2.34. The topological polar surface area (TPSA) is 77.2 Å². The molecule has 31 heavy (non-hydrogen) atoms. The van der Waals surface area contributed by atoms with E-state index in [1.54, 1.807) is 19.1 Å². The Kier molecular flexibility index (Phi) is 6.06. The van der Waals surface area contributed by atoms with Gasteiger partial charge in [0.25, 0.3) is 5.91 Å². The fourth-order valence-electron chi connectivity index (χ4n) is 3.23. The minimum atomic E-state index is -0.347. The molecule has 158 valence electrons. The van der Waals surface area contributed by atoms with E-state index < -0.39 is 0 Å². The van der Waals surface area contributed by atoms with Crippen LogP contribution in [0.3, 0.4) is 0 Å². The third-order valence-electron chi connectivity index (χ3n) is 4.67. The number of hydrogen-bond acceptors (Lipinski definition) is 6. The van der Waals surface area contributed by atoms with E-state index in [-0.39, 0.29) is 5.91 Å². The van der Waals surface area contributed by atoms with Crippen LogP contribution in [0.1, 0.15) is 27.9 Å². The maximum absolute atomic E-state index is 13.1. The van der Waals surface area contributed by atoms with Gasteiger partial charge in [-0.2, -0.15) is 0 Å². The van der Waals surface area contributed by atoms with Gasteiger partial charge in [-0.05, 0) is 51.1 Å². The van der Waals surface area contributed by atoms with Crippen molar-refractivity contribution in [2.45, 2.75) is 20.8 Å². The second kappa shape index (κ2) is 8.91. The number of amides is 1. The molecular formula is C23H20ClN3O3S. The van der Waals surface area contributed by atoms with Gasteiger partial charge >= 0.3 is 0 Å². The van der Waals surface area contributed by atoms with E-state index >= 15 is 0 Å². The van der Waals surface area contributed by atoms with Crippen molar-refractivity contribution in [3.8, 4) is 28.3 Å². The smallest absolute Gasteiger partial charge is 0.263 e. The molecule has 0 spiro atoms. The minimum Gasteiger partial charge on any atom is -0.494 e. The van der Waals surface area contributed by atoms with Crippen LogP contribution >= 0.6 is 22.9 Å². The maximum Gasteiger partial charge on any atom is 0.263 e. The molecule has 1 amide bonds. The highest BCUT2D eigenvalue weighted by Gasteiger charge is 2.24. The number of hydrogen-bond donors (Lipinski definition) is 1. The zero-order chi connectivity index (χ0) is 22.0. The van der Waals surface area contributed by atoms with Crippen molar-refractivity contribution in [3.05, 3.63) is 69.8 Å². The van der Waals surface area contributed by atoms with Crippen LogP contribution in [-0.4, -0.2) is 22.7 Å². The summed E-state index contributed by atoms with van der Waals surface area (Å²) >= 11 is 7.70. The quantitative estimate of drug-likeness (QED) is 0.366. The molecule has 2 aromatic carbocycles. The van der Waals surface area contributed by atoms with E-state index in [9.17, 15) is 4.79 Å². The van der Waals surface area contributed by atoms with E-state index in [0.717, 1.165) is 21.9 Å². The van der Waals surface area contributed by atoms with Crippen molar-refractivity contribution >= 4 is 34.0 Å². The molecule has 0 aliphatic carbocycles. The van der Waals surface area contributed by atoms with E-state index in [0.29, 0.717) is 39.3 Å². The molecule has 4 aromatic rings. The Balaban J connectivity index is 1.60. The van der Waals surface area contributed by atoms with Crippen molar-refractivity contribution in [3.63, 3.8) is 0 Å². The first-order valence-corrected chi connectivity index (χ1v) is 10.9. The first-order valence-electron chi connectivity index (χ1n) is 9.71. The number of nitrogens with one attached hydrogen (secondary N) is 1. The molecule has 0 fully saturated rings. The van der Waals surface area contributed by atoms with E-state index in [1.165, 1.54) is 11.3 Å². The summed E-state index contributed by atoms with van der Waals surface area (Å²) in [6, 6.07) is 14.9. The highest BCUT2D eigenvalue weighted by molar-refractivity contribution is 7.16. The van der Waals surface area contributed by atoms with Gasteiger partial charge in [0.1, 0.15) is 22.8 Å². The third-order valence-corrected chi connectivity index (χ3v) is 5.89. The Bertz CT molecular complexity index is 1230. The normalized spacial score (nSPS) is 10.8. The SMILES string of the molecule is CCOc1ccc(-c2nc(NC(=O)c3c(-c4ccccc4Cl)noc3C)sc2C)cc1. The first-order chi connectivity index (χ1) is 15.0. The van der Waals surface area contributed by atoms with Crippen LogP contribution < -0.4 is 10.1 Å². The molecule has 0 atom stereocenters. The molecule has 0 bridgehead atoms. The number of rotatable bonds is 6. The second-order valence-electron chi connectivity index (χ2n) is 6.78. The number of ether oxygens (including phenoxy) is 1. The first kappa shape index (κ1) is 21.1. The predicted octanol–water partition coefficient (Wildman–Crippen LogP) is 6.39. The zero-order valence-electron chi connectivity index (χ0n) is 17.2. The molecule has 0 aliphatic heterocycles. The number of carbonyl (C=O) groups is 1. The second-order valence-corrected chi connectivity index (χ2v) is 8.39. The minimum absolute atomic E-state index is 0.337. The van der Waals surface area contributed by atoms with Crippen LogP contribution in [0.15, 0.2) is 53.1 Å². The van der Waals surface area contributed by atoms with Gasteiger partial charge in [0.05, 0.1) is 17.3 Å². The molecule has 0 aliphatic rings. The molecule has 8 heteroatoms. The largest absolute Gasteiger partial charge is 0.494 e. The molecule has 0 saturated heterocycles. The zero-order valence-corrected chi connectivity index (χ0v) is 18.8. The number of aryl methyl sites for hydroxylation is 2. The predicted molar refractivity (Wildman–Crippen MR) is 123 cm³/mol. The lowest BCUT2D eigenvalue weighted by molar-refractivity contribution is 0.102. The molecular weight excluding hydrogens is 434 g/mol. The number of carbonyl (C=O) groups excluding carboxylic acids is 1. The van der Waals surface area contributed by atoms with Crippen LogP contribution in [0.5, 0.6) is 5.75 Å². The van der Waals surface area contributed by atoms with Crippen molar-refractivity contribution in [1.82, 2.24) is 10.1 Å². The maximum atomic E-state index is 13.1. The summed E-state index contributed by atoms with van der Waals surface area (Å²) in [6.07, 6.45) is 0. The van der Waals surface area contributed by atoms with Gasteiger partial charge in [-0.15, -0.1) is 11.3 Å². The summed E-state index contributed by atoms with van der Waals surface area (Å²) in [5, 5.41) is 7.92. The molecule has 0 saturated carbocycles. The van der Waals surface area contributed by atoms with Crippen molar-refractivity contribution < 1.29 is 14.1 Å². The van der Waals surface area contributed by atoms with Gasteiger partial charge in [-0.1, -0.05) is 35.0 Å². The van der Waals surface area contributed by atoms with Gasteiger partial charge < -0.3 is 9.26 Å². The Morgan fingerprint density at radius 3 is 2.58 bits per heavy atom. The Hall–Kier alpha value is -3.16. The van der Waals surface area contributed by atoms with Crippen LogP contribution in [0.2, 0.25) is 5.02 Å². The molecule has 2 heterocycles. The summed E-state index contributed by atoms with van der Waals surface area (Å²) in [5.74, 6) is 0.871. The number of anilines is 1. The van der Waals surface area contributed by atoms with Gasteiger partial charge in [0.2, 0.25) is 0 Å². The standard InChI is InChI=1S/C23H20ClN3O3S/c1-4-29-16-11-9-15(10-12-16)20-14(3)31-23(25-20)26-22(28)19-13(2)30-27-21(19)17-7-5-6-8-18(17)24/h5-12H,4H2,1-3H3,(H,25,26,28). The van der Waals surface area contributed by atoms with E-state index in [2.05, 4.69) is 15.5 Å². The Morgan fingerprint density at radius 1 is 1.13 bits per heavy atom. The average Bonchev–Trinajstić information content (AvgIpc) is 3.31. The van der Waals surface area contributed by atoms with Crippen LogP contribution in [-0.2, 0) is 0 Å². The lowest BCUT2D eigenvalue weighted by atomic mass is 10.1. The molecule has 1 N–H and O–H groups in total. The van der Waals surface area contributed by atoms with Crippen LogP contribution in [0.4, 0.5) is 5.13 Å². The summed E-state index contributed by atoms with van der Waals surface area (Å²) < 4.78 is 10.8. The van der Waals surface area contributed by atoms with Crippen LogP contribution in [0.25, 0.3) is 22.5 Å². The number of benzene rings is 2. The van der Waals surface area contributed by atoms with Gasteiger partial charge in [0.15, 0.2) is 5.13 Å². The Labute approximate surface area is 188 Å². The monoisotopic (exact) mass is 453 g/mol. The van der Waals surface area contributed by atoms with Crippen molar-refractivity contribution in [1.29, 1.82) is 0 Å². The molecule has 0 radical (unpaired) electrons. The lowest BCUT2D eigenvalue weighted by Gasteiger charge is -2.05. The molecule has 2 aromatic heterocycles. The number of halogens is 1. The molecule has 6 nitrogen and oxygen atoms in total. The van der Waals surface area contributed by atoms with Crippen molar-refractivity contribution in [2.24, 2.45) is 0 Å². The lowest BCUT2D eigenvalue weighted by Crippen LogP contribution is -2.13. The van der Waals surface area contributed by atoms with Gasteiger partial charge in [0, 0.05) is 16.0 Å².